The molecule has 0 N–H and O–H groups in total. The van der Waals surface area contributed by atoms with Crippen LogP contribution in [0, 0.1) is 5.92 Å². The molecule has 0 radical (unpaired) electrons. The predicted molar refractivity (Wildman–Crippen MR) is 89.6 cm³/mol. The largest absolute Gasteiger partial charge is 0.492 e. The Morgan fingerprint density at radius 3 is 2.83 bits per heavy atom. The first-order valence-electron chi connectivity index (χ1n) is 9.27. The van der Waals surface area contributed by atoms with E-state index < -0.39 is 0 Å². The molecule has 1 spiro atoms. The molecule has 1 saturated carbocycles. The highest BCUT2D eigenvalue weighted by Gasteiger charge is 2.46. The summed E-state index contributed by atoms with van der Waals surface area (Å²) in [5.41, 5.74) is 0.137. The van der Waals surface area contributed by atoms with Gasteiger partial charge in [-0.15, -0.1) is 0 Å². The van der Waals surface area contributed by atoms with E-state index in [9.17, 15) is 0 Å². The van der Waals surface area contributed by atoms with Crippen molar-refractivity contribution >= 4 is 0 Å². The van der Waals surface area contributed by atoms with E-state index in [4.69, 9.17) is 9.47 Å². The summed E-state index contributed by atoms with van der Waals surface area (Å²) < 4.78 is 12.1. The molecule has 0 bridgehead atoms. The molecular weight excluding hydrogens is 288 g/mol. The third kappa shape index (κ3) is 3.24. The average Bonchev–Trinajstić information content (AvgIpc) is 2.92. The lowest BCUT2D eigenvalue weighted by Gasteiger charge is -2.47. The molecule has 3 heterocycles. The van der Waals surface area contributed by atoms with Crippen LogP contribution in [0.3, 0.4) is 0 Å². The molecule has 0 aromatic carbocycles. The Kier molecular flexibility index (Phi) is 4.54. The highest BCUT2D eigenvalue weighted by atomic mass is 16.5. The Balaban J connectivity index is 1.28. The van der Waals surface area contributed by atoms with Crippen LogP contribution in [0.5, 0.6) is 5.75 Å². The average molecular weight is 316 g/mol. The first-order chi connectivity index (χ1) is 11.4. The Bertz CT molecular complexity index is 495. The summed E-state index contributed by atoms with van der Waals surface area (Å²) >= 11 is 0. The predicted octanol–water partition coefficient (Wildman–Crippen LogP) is 3.27. The minimum Gasteiger partial charge on any atom is -0.492 e. The number of pyridine rings is 1. The van der Waals surface area contributed by atoms with Crippen molar-refractivity contribution in [3.63, 3.8) is 0 Å². The maximum Gasteiger partial charge on any atom is 0.137 e. The normalized spacial score (nSPS) is 27.9. The van der Waals surface area contributed by atoms with Gasteiger partial charge in [0.15, 0.2) is 0 Å². The van der Waals surface area contributed by atoms with E-state index in [-0.39, 0.29) is 5.60 Å². The number of rotatable bonds is 5. The summed E-state index contributed by atoms with van der Waals surface area (Å²) in [7, 11) is 0. The van der Waals surface area contributed by atoms with Gasteiger partial charge in [0, 0.05) is 31.9 Å². The highest BCUT2D eigenvalue weighted by Crippen LogP contribution is 2.43. The molecule has 23 heavy (non-hydrogen) atoms. The van der Waals surface area contributed by atoms with Crippen molar-refractivity contribution < 1.29 is 9.47 Å². The molecule has 126 valence electrons. The van der Waals surface area contributed by atoms with Crippen LogP contribution in [-0.2, 0) is 4.74 Å². The van der Waals surface area contributed by atoms with Crippen LogP contribution in [-0.4, -0.2) is 47.8 Å². The molecule has 4 rings (SSSR count). The van der Waals surface area contributed by atoms with Crippen LogP contribution in [0.1, 0.15) is 44.9 Å². The van der Waals surface area contributed by atoms with E-state index in [1.807, 2.05) is 12.1 Å². The zero-order chi connectivity index (χ0) is 15.5. The van der Waals surface area contributed by atoms with Crippen molar-refractivity contribution in [3.8, 4) is 5.75 Å². The standard InChI is InChI=1S/C19H28N2O2/c1-3-17(4-1)21-11-8-19(9-12-21)16(7-14-23-19)6-13-22-18-5-2-10-20-15-18/h2,5,10,15-17H,1,3-4,6-9,11-14H2/t16-/m1/s1. The lowest BCUT2D eigenvalue weighted by molar-refractivity contribution is -0.0807. The van der Waals surface area contributed by atoms with Crippen molar-refractivity contribution in [1.29, 1.82) is 0 Å². The summed E-state index contributed by atoms with van der Waals surface area (Å²) in [6.07, 6.45) is 12.5. The van der Waals surface area contributed by atoms with Gasteiger partial charge in [-0.1, -0.05) is 6.42 Å². The number of aromatic nitrogens is 1. The summed E-state index contributed by atoms with van der Waals surface area (Å²) in [5, 5.41) is 0. The van der Waals surface area contributed by atoms with E-state index in [2.05, 4.69) is 9.88 Å². The second-order valence-electron chi connectivity index (χ2n) is 7.35. The van der Waals surface area contributed by atoms with Gasteiger partial charge in [0.2, 0.25) is 0 Å². The SMILES string of the molecule is c1cncc(OCC[C@@H]2CCOC23CCN(C2CCC2)CC3)c1. The fraction of sp³-hybridized carbons (Fsp3) is 0.737. The number of hydrogen-bond acceptors (Lipinski definition) is 4. The van der Waals surface area contributed by atoms with Gasteiger partial charge < -0.3 is 14.4 Å². The van der Waals surface area contributed by atoms with Crippen molar-refractivity contribution in [1.82, 2.24) is 9.88 Å². The van der Waals surface area contributed by atoms with Crippen molar-refractivity contribution in [2.75, 3.05) is 26.3 Å². The number of nitrogens with zero attached hydrogens (tertiary/aromatic N) is 2. The smallest absolute Gasteiger partial charge is 0.137 e. The fourth-order valence-electron chi connectivity index (χ4n) is 4.52. The molecule has 4 nitrogen and oxygen atoms in total. The minimum absolute atomic E-state index is 0.137. The second kappa shape index (κ2) is 6.78. The van der Waals surface area contributed by atoms with Gasteiger partial charge >= 0.3 is 0 Å². The summed E-state index contributed by atoms with van der Waals surface area (Å²) in [4.78, 5) is 6.81. The topological polar surface area (TPSA) is 34.6 Å². The molecule has 1 aromatic rings. The van der Waals surface area contributed by atoms with E-state index in [0.29, 0.717) is 5.92 Å². The van der Waals surface area contributed by atoms with Gasteiger partial charge in [-0.25, -0.2) is 0 Å². The van der Waals surface area contributed by atoms with Gasteiger partial charge in [0.05, 0.1) is 18.4 Å². The van der Waals surface area contributed by atoms with Crippen LogP contribution < -0.4 is 4.74 Å². The van der Waals surface area contributed by atoms with Crippen LogP contribution in [0.15, 0.2) is 24.5 Å². The molecule has 1 atom stereocenters. The quantitative estimate of drug-likeness (QED) is 0.835. The maximum atomic E-state index is 6.28. The van der Waals surface area contributed by atoms with Gasteiger partial charge in [0.25, 0.3) is 0 Å². The van der Waals surface area contributed by atoms with Gasteiger partial charge in [-0.05, 0) is 56.6 Å². The first-order valence-corrected chi connectivity index (χ1v) is 9.27. The number of hydrogen-bond donors (Lipinski definition) is 0. The molecule has 2 aliphatic heterocycles. The van der Waals surface area contributed by atoms with Gasteiger partial charge in [0.1, 0.15) is 5.75 Å². The third-order valence-electron chi connectivity index (χ3n) is 6.20. The minimum atomic E-state index is 0.137. The molecule has 4 heteroatoms. The lowest BCUT2D eigenvalue weighted by atomic mass is 9.77. The summed E-state index contributed by atoms with van der Waals surface area (Å²) in [5.74, 6) is 1.53. The molecule has 3 aliphatic rings. The number of ether oxygens (including phenoxy) is 2. The Hall–Kier alpha value is -1.13. The summed E-state index contributed by atoms with van der Waals surface area (Å²) in [6, 6.07) is 4.78. The van der Waals surface area contributed by atoms with Crippen molar-refractivity contribution in [2.24, 2.45) is 5.92 Å². The number of likely N-dealkylation sites (tertiary alicyclic amines) is 1. The van der Waals surface area contributed by atoms with E-state index in [1.165, 1.54) is 51.6 Å². The van der Waals surface area contributed by atoms with Crippen LogP contribution in [0.2, 0.25) is 0 Å². The van der Waals surface area contributed by atoms with E-state index in [1.54, 1.807) is 12.4 Å². The summed E-state index contributed by atoms with van der Waals surface area (Å²) in [6.45, 7) is 4.16. The molecule has 2 saturated heterocycles. The van der Waals surface area contributed by atoms with E-state index >= 15 is 0 Å². The molecular formula is C19H28N2O2. The highest BCUT2D eigenvalue weighted by molar-refractivity contribution is 5.15. The second-order valence-corrected chi connectivity index (χ2v) is 7.35. The Labute approximate surface area is 139 Å². The van der Waals surface area contributed by atoms with Crippen molar-refractivity contribution in [2.45, 2.75) is 56.6 Å². The number of piperidine rings is 1. The zero-order valence-electron chi connectivity index (χ0n) is 14.0. The fourth-order valence-corrected chi connectivity index (χ4v) is 4.52. The zero-order valence-corrected chi connectivity index (χ0v) is 14.0. The van der Waals surface area contributed by atoms with Gasteiger partial charge in [-0.2, -0.15) is 0 Å². The Morgan fingerprint density at radius 1 is 1.26 bits per heavy atom. The maximum absolute atomic E-state index is 6.28. The lowest BCUT2D eigenvalue weighted by Crippen LogP contribution is -2.52. The molecule has 1 aromatic heterocycles. The molecule has 1 aliphatic carbocycles. The first kappa shape index (κ1) is 15.4. The van der Waals surface area contributed by atoms with Gasteiger partial charge in [-0.3, -0.25) is 4.98 Å². The Morgan fingerprint density at radius 2 is 2.13 bits per heavy atom. The van der Waals surface area contributed by atoms with Crippen molar-refractivity contribution in [3.05, 3.63) is 24.5 Å². The van der Waals surface area contributed by atoms with Crippen LogP contribution >= 0.6 is 0 Å². The molecule has 0 amide bonds. The molecule has 3 fully saturated rings. The van der Waals surface area contributed by atoms with Crippen LogP contribution in [0.25, 0.3) is 0 Å². The van der Waals surface area contributed by atoms with Crippen LogP contribution in [0.4, 0.5) is 0 Å². The monoisotopic (exact) mass is 316 g/mol. The third-order valence-corrected chi connectivity index (χ3v) is 6.20. The van der Waals surface area contributed by atoms with E-state index in [0.717, 1.165) is 31.4 Å². The molecule has 0 unspecified atom stereocenters.